The van der Waals surface area contributed by atoms with E-state index in [-0.39, 0.29) is 31.6 Å². The number of nitrogens with one attached hydrogen (secondary N) is 2. The molecule has 0 saturated heterocycles. The first-order valence-electron chi connectivity index (χ1n) is 9.07. The van der Waals surface area contributed by atoms with Crippen LogP contribution < -0.4 is 10.6 Å². The number of carbonyl (C=O) groups excluding carboxylic acids is 3. The predicted octanol–water partition coefficient (Wildman–Crippen LogP) is 1.14. The van der Waals surface area contributed by atoms with E-state index in [9.17, 15) is 14.4 Å². The van der Waals surface area contributed by atoms with Crippen LogP contribution in [-0.2, 0) is 16.0 Å². The monoisotopic (exact) mass is 400 g/mol. The van der Waals surface area contributed by atoms with Crippen molar-refractivity contribution in [1.29, 1.82) is 0 Å². The molecule has 2 aromatic carbocycles. The van der Waals surface area contributed by atoms with Gasteiger partial charge in [0, 0.05) is 24.2 Å². The van der Waals surface area contributed by atoms with Gasteiger partial charge < -0.3 is 25.2 Å². The van der Waals surface area contributed by atoms with Crippen LogP contribution in [0.1, 0.15) is 36.6 Å². The Labute approximate surface area is 168 Å². The molecular weight excluding hydrogens is 376 g/mol. The number of hydrogen-bond acceptors (Lipinski definition) is 6. The van der Waals surface area contributed by atoms with E-state index in [4.69, 9.17) is 9.84 Å². The summed E-state index contributed by atoms with van der Waals surface area (Å²) in [5.74, 6) is -1.05. The Balaban J connectivity index is 1.84. The second-order valence-corrected chi connectivity index (χ2v) is 6.04. The molecule has 2 aromatic rings. The average molecular weight is 400 g/mol. The summed E-state index contributed by atoms with van der Waals surface area (Å²) < 4.78 is 9.73. The van der Waals surface area contributed by atoms with E-state index >= 15 is 0 Å². The van der Waals surface area contributed by atoms with Crippen molar-refractivity contribution >= 4 is 17.8 Å². The fourth-order valence-corrected chi connectivity index (χ4v) is 2.47. The maximum absolute atomic E-state index is 12.3. The number of methoxy groups -OCH3 is 1. The van der Waals surface area contributed by atoms with Crippen LogP contribution in [0.25, 0.3) is 0 Å². The van der Waals surface area contributed by atoms with Crippen molar-refractivity contribution in [2.24, 2.45) is 0 Å². The lowest BCUT2D eigenvalue weighted by Crippen LogP contribution is -2.27. The number of rotatable bonds is 10. The van der Waals surface area contributed by atoms with Gasteiger partial charge in [-0.05, 0) is 35.9 Å². The van der Waals surface area contributed by atoms with Crippen LogP contribution in [0.3, 0.4) is 0 Å². The number of esters is 1. The molecule has 8 nitrogen and oxygen atoms in total. The molecule has 0 atom stereocenters. The van der Waals surface area contributed by atoms with Crippen molar-refractivity contribution in [3.05, 3.63) is 70.8 Å². The van der Waals surface area contributed by atoms with Gasteiger partial charge in [-0.3, -0.25) is 9.59 Å². The SMILES string of the molecule is COC(=O)c1cccc(C(=O)NCc2ccc(C(=O)NCCOCCO)cc2)c1. The zero-order chi connectivity index (χ0) is 21.1. The molecule has 2 amide bonds. The molecule has 8 heteroatoms. The summed E-state index contributed by atoms with van der Waals surface area (Å²) in [7, 11) is 1.28. The third kappa shape index (κ3) is 7.02. The van der Waals surface area contributed by atoms with Gasteiger partial charge in [0.05, 0.1) is 32.5 Å². The van der Waals surface area contributed by atoms with Crippen molar-refractivity contribution in [3.8, 4) is 0 Å². The first-order valence-corrected chi connectivity index (χ1v) is 9.07. The van der Waals surface area contributed by atoms with Gasteiger partial charge in [0.15, 0.2) is 0 Å². The van der Waals surface area contributed by atoms with Crippen LogP contribution in [0.5, 0.6) is 0 Å². The number of ether oxygens (including phenoxy) is 2. The average Bonchev–Trinajstić information content (AvgIpc) is 2.77. The minimum Gasteiger partial charge on any atom is -0.465 e. The number of amides is 2. The quantitative estimate of drug-likeness (QED) is 0.407. The maximum atomic E-state index is 12.3. The molecule has 0 aliphatic heterocycles. The van der Waals surface area contributed by atoms with Crippen molar-refractivity contribution in [3.63, 3.8) is 0 Å². The molecule has 0 aromatic heterocycles. The van der Waals surface area contributed by atoms with E-state index in [0.717, 1.165) is 5.56 Å². The number of aliphatic hydroxyl groups excluding tert-OH is 1. The summed E-state index contributed by atoms with van der Waals surface area (Å²) in [6.07, 6.45) is 0. The Morgan fingerprint density at radius 2 is 1.59 bits per heavy atom. The normalized spacial score (nSPS) is 10.3. The van der Waals surface area contributed by atoms with E-state index < -0.39 is 5.97 Å². The van der Waals surface area contributed by atoms with Crippen LogP contribution in [0.2, 0.25) is 0 Å². The summed E-state index contributed by atoms with van der Waals surface area (Å²) in [5.41, 5.74) is 1.97. The highest BCUT2D eigenvalue weighted by atomic mass is 16.5. The van der Waals surface area contributed by atoms with Gasteiger partial charge >= 0.3 is 5.97 Å². The fraction of sp³-hybridized carbons (Fsp3) is 0.286. The second kappa shape index (κ2) is 11.6. The number of hydrogen-bond donors (Lipinski definition) is 3. The molecule has 2 rings (SSSR count). The summed E-state index contributed by atoms with van der Waals surface area (Å²) in [4.78, 5) is 35.9. The van der Waals surface area contributed by atoms with E-state index in [1.807, 2.05) is 0 Å². The lowest BCUT2D eigenvalue weighted by atomic mass is 10.1. The zero-order valence-electron chi connectivity index (χ0n) is 16.1. The van der Waals surface area contributed by atoms with E-state index in [1.165, 1.54) is 13.2 Å². The summed E-state index contributed by atoms with van der Waals surface area (Å²) in [5, 5.41) is 14.1. The van der Waals surface area contributed by atoms with Gasteiger partial charge in [-0.2, -0.15) is 0 Å². The van der Waals surface area contributed by atoms with Gasteiger partial charge in [0.1, 0.15) is 0 Å². The lowest BCUT2D eigenvalue weighted by molar-refractivity contribution is 0.0600. The van der Waals surface area contributed by atoms with Gasteiger partial charge in [-0.25, -0.2) is 4.79 Å². The predicted molar refractivity (Wildman–Crippen MR) is 106 cm³/mol. The van der Waals surface area contributed by atoms with E-state index in [0.29, 0.717) is 29.8 Å². The van der Waals surface area contributed by atoms with Gasteiger partial charge in [-0.15, -0.1) is 0 Å². The molecule has 0 saturated carbocycles. The minimum absolute atomic E-state index is 0.0529. The topological polar surface area (TPSA) is 114 Å². The Morgan fingerprint density at radius 3 is 2.28 bits per heavy atom. The highest BCUT2D eigenvalue weighted by Gasteiger charge is 2.11. The molecule has 3 N–H and O–H groups in total. The fourth-order valence-electron chi connectivity index (χ4n) is 2.47. The standard InChI is InChI=1S/C21H24N2O6/c1-28-21(27)18-4-2-3-17(13-18)20(26)23-14-15-5-7-16(8-6-15)19(25)22-9-11-29-12-10-24/h2-8,13,24H,9-12,14H2,1H3,(H,22,25)(H,23,26). The van der Waals surface area contributed by atoms with Gasteiger partial charge in [-0.1, -0.05) is 18.2 Å². The maximum Gasteiger partial charge on any atom is 0.337 e. The van der Waals surface area contributed by atoms with E-state index in [1.54, 1.807) is 42.5 Å². The van der Waals surface area contributed by atoms with Crippen molar-refractivity contribution in [1.82, 2.24) is 10.6 Å². The van der Waals surface area contributed by atoms with Crippen LogP contribution >= 0.6 is 0 Å². The largest absolute Gasteiger partial charge is 0.465 e. The van der Waals surface area contributed by atoms with Gasteiger partial charge in [0.25, 0.3) is 11.8 Å². The first-order chi connectivity index (χ1) is 14.0. The van der Waals surface area contributed by atoms with Crippen LogP contribution in [0.4, 0.5) is 0 Å². The number of carbonyl (C=O) groups is 3. The van der Waals surface area contributed by atoms with Crippen molar-refractivity contribution in [2.45, 2.75) is 6.54 Å². The van der Waals surface area contributed by atoms with Crippen molar-refractivity contribution < 1.29 is 29.0 Å². The highest BCUT2D eigenvalue weighted by Crippen LogP contribution is 2.08. The first kappa shape index (κ1) is 22.1. The Kier molecular flexibility index (Phi) is 8.81. The molecule has 0 unspecified atom stereocenters. The molecule has 0 bridgehead atoms. The van der Waals surface area contributed by atoms with Crippen LogP contribution in [-0.4, -0.2) is 56.4 Å². The highest BCUT2D eigenvalue weighted by molar-refractivity contribution is 5.98. The number of aliphatic hydroxyl groups is 1. The van der Waals surface area contributed by atoms with Crippen molar-refractivity contribution in [2.75, 3.05) is 33.5 Å². The Morgan fingerprint density at radius 1 is 0.897 bits per heavy atom. The molecule has 0 aliphatic rings. The third-order valence-electron chi connectivity index (χ3n) is 3.98. The summed E-state index contributed by atoms with van der Waals surface area (Å²) in [6.45, 7) is 1.14. The lowest BCUT2D eigenvalue weighted by Gasteiger charge is -2.08. The second-order valence-electron chi connectivity index (χ2n) is 6.04. The molecular formula is C21H24N2O6. The van der Waals surface area contributed by atoms with Gasteiger partial charge in [0.2, 0.25) is 0 Å². The summed E-state index contributed by atoms with van der Waals surface area (Å²) >= 11 is 0. The summed E-state index contributed by atoms with van der Waals surface area (Å²) in [6, 6.07) is 13.1. The molecule has 154 valence electrons. The van der Waals surface area contributed by atoms with Crippen LogP contribution in [0, 0.1) is 0 Å². The number of benzene rings is 2. The molecule has 0 radical (unpaired) electrons. The molecule has 0 aliphatic carbocycles. The molecule has 29 heavy (non-hydrogen) atoms. The third-order valence-corrected chi connectivity index (χ3v) is 3.98. The smallest absolute Gasteiger partial charge is 0.337 e. The molecule has 0 heterocycles. The molecule has 0 spiro atoms. The zero-order valence-corrected chi connectivity index (χ0v) is 16.1. The minimum atomic E-state index is -0.506. The molecule has 0 fully saturated rings. The Bertz CT molecular complexity index is 835. The Hall–Kier alpha value is -3.23. The van der Waals surface area contributed by atoms with E-state index in [2.05, 4.69) is 15.4 Å². The van der Waals surface area contributed by atoms with Crippen LogP contribution in [0.15, 0.2) is 48.5 Å².